The Balaban J connectivity index is 1.40. The van der Waals surface area contributed by atoms with Crippen LogP contribution in [0.2, 0.25) is 5.02 Å². The summed E-state index contributed by atoms with van der Waals surface area (Å²) in [4.78, 5) is 36.1. The zero-order chi connectivity index (χ0) is 26.8. The number of rotatable bonds is 9. The highest BCUT2D eigenvalue weighted by Crippen LogP contribution is 2.23. The molecule has 37 heavy (non-hydrogen) atoms. The van der Waals surface area contributed by atoms with Gasteiger partial charge in [-0.2, -0.15) is 5.10 Å². The third-order valence-corrected chi connectivity index (χ3v) is 5.89. The summed E-state index contributed by atoms with van der Waals surface area (Å²) in [5.74, 6) is -1.05. The molecule has 0 heterocycles. The minimum atomic E-state index is -0.865. The van der Waals surface area contributed by atoms with E-state index in [-0.39, 0.29) is 19.1 Å². The number of ether oxygens (including phenoxy) is 1. The van der Waals surface area contributed by atoms with Crippen LogP contribution in [0.1, 0.15) is 42.0 Å². The van der Waals surface area contributed by atoms with Crippen LogP contribution in [0.4, 0.5) is 5.69 Å². The van der Waals surface area contributed by atoms with Gasteiger partial charge in [0, 0.05) is 17.3 Å². The fourth-order valence-corrected chi connectivity index (χ4v) is 3.40. The smallest absolute Gasteiger partial charge is 0.329 e. The summed E-state index contributed by atoms with van der Waals surface area (Å²) < 4.78 is 5.51. The van der Waals surface area contributed by atoms with Crippen molar-refractivity contribution in [2.75, 3.05) is 11.9 Å². The number of amides is 3. The molecule has 0 aromatic heterocycles. The second-order valence-corrected chi connectivity index (χ2v) is 9.00. The predicted octanol–water partition coefficient (Wildman–Crippen LogP) is 4.56. The van der Waals surface area contributed by atoms with Crippen LogP contribution in [0, 0.1) is 6.92 Å². The average Bonchev–Trinajstić information content (AvgIpc) is 2.89. The molecular weight excluding hydrogens is 492 g/mol. The zero-order valence-electron chi connectivity index (χ0n) is 20.9. The molecule has 0 aliphatic rings. The number of nitrogens with zero attached hydrogens (tertiary/aromatic N) is 1. The number of carbonyl (C=O) groups is 3. The van der Waals surface area contributed by atoms with E-state index in [0.29, 0.717) is 27.9 Å². The number of halogens is 1. The van der Waals surface area contributed by atoms with Gasteiger partial charge in [0.15, 0.2) is 6.61 Å². The number of hydrazone groups is 1. The van der Waals surface area contributed by atoms with Crippen molar-refractivity contribution in [3.63, 3.8) is 0 Å². The van der Waals surface area contributed by atoms with Crippen molar-refractivity contribution in [1.29, 1.82) is 0 Å². The molecule has 0 saturated heterocycles. The van der Waals surface area contributed by atoms with Crippen LogP contribution in [-0.4, -0.2) is 30.5 Å². The maximum Gasteiger partial charge on any atom is 0.329 e. The van der Waals surface area contributed by atoms with Gasteiger partial charge in [-0.05, 0) is 71.5 Å². The lowest BCUT2D eigenvalue weighted by atomic mass is 10.0. The van der Waals surface area contributed by atoms with E-state index < -0.39 is 11.8 Å². The minimum absolute atomic E-state index is 0.174. The Labute approximate surface area is 221 Å². The topological polar surface area (TPSA) is 109 Å². The molecule has 0 spiro atoms. The van der Waals surface area contributed by atoms with Crippen LogP contribution in [0.25, 0.3) is 0 Å². The number of hydrogen-bond donors (Lipinski definition) is 3. The van der Waals surface area contributed by atoms with Gasteiger partial charge in [-0.3, -0.25) is 14.4 Å². The van der Waals surface area contributed by atoms with Gasteiger partial charge in [0.1, 0.15) is 5.75 Å². The highest BCUT2D eigenvalue weighted by molar-refractivity contribution is 6.35. The fourth-order valence-electron chi connectivity index (χ4n) is 3.23. The molecule has 0 aliphatic heterocycles. The molecule has 0 atom stereocenters. The Morgan fingerprint density at radius 2 is 1.68 bits per heavy atom. The molecule has 192 valence electrons. The second-order valence-electron chi connectivity index (χ2n) is 8.60. The van der Waals surface area contributed by atoms with E-state index in [4.69, 9.17) is 16.3 Å². The molecular formula is C28H29ClN4O4. The average molecular weight is 521 g/mol. The molecule has 0 radical (unpaired) electrons. The molecule has 0 aliphatic carbocycles. The van der Waals surface area contributed by atoms with Gasteiger partial charge in [0.05, 0.1) is 6.21 Å². The summed E-state index contributed by atoms with van der Waals surface area (Å²) >= 11 is 6.07. The molecule has 3 amide bonds. The van der Waals surface area contributed by atoms with E-state index in [1.807, 2.05) is 31.2 Å². The summed E-state index contributed by atoms with van der Waals surface area (Å²) in [6.07, 6.45) is 1.40. The highest BCUT2D eigenvalue weighted by atomic mass is 35.5. The molecule has 8 nitrogen and oxygen atoms in total. The number of carbonyl (C=O) groups excluding carboxylic acids is 3. The Morgan fingerprint density at radius 3 is 2.35 bits per heavy atom. The Kier molecular flexibility index (Phi) is 9.80. The first-order valence-corrected chi connectivity index (χ1v) is 12.1. The normalized spacial score (nSPS) is 10.8. The molecule has 3 N–H and O–H groups in total. The largest absolute Gasteiger partial charge is 0.484 e. The van der Waals surface area contributed by atoms with Crippen LogP contribution in [-0.2, 0) is 20.9 Å². The summed E-state index contributed by atoms with van der Waals surface area (Å²) in [5.41, 5.74) is 6.38. The van der Waals surface area contributed by atoms with E-state index in [9.17, 15) is 14.4 Å². The van der Waals surface area contributed by atoms with Crippen LogP contribution in [0.15, 0.2) is 71.8 Å². The van der Waals surface area contributed by atoms with Crippen LogP contribution in [0.3, 0.4) is 0 Å². The molecule has 3 aromatic carbocycles. The lowest BCUT2D eigenvalue weighted by molar-refractivity contribution is -0.139. The SMILES string of the molecule is Cc1c(Cl)cccc1NC(=O)COc1ccc(/C=N\NC(=O)C(=O)NCc2ccc(C(C)C)cc2)cc1. The van der Waals surface area contributed by atoms with Crippen LogP contribution in [0.5, 0.6) is 5.75 Å². The highest BCUT2D eigenvalue weighted by Gasteiger charge is 2.12. The summed E-state index contributed by atoms with van der Waals surface area (Å²) in [5, 5.41) is 9.71. The third-order valence-electron chi connectivity index (χ3n) is 5.48. The van der Waals surface area contributed by atoms with Gasteiger partial charge in [0.2, 0.25) is 0 Å². The third kappa shape index (κ3) is 8.47. The first-order valence-electron chi connectivity index (χ1n) is 11.7. The molecule has 0 bridgehead atoms. The Bertz CT molecular complexity index is 1270. The molecule has 0 unspecified atom stereocenters. The number of benzene rings is 3. The Hall–Kier alpha value is -4.17. The summed E-state index contributed by atoms with van der Waals surface area (Å²) in [6, 6.07) is 19.9. The monoisotopic (exact) mass is 520 g/mol. The van der Waals surface area contributed by atoms with Gasteiger partial charge in [0.25, 0.3) is 5.91 Å². The van der Waals surface area contributed by atoms with Gasteiger partial charge in [-0.25, -0.2) is 5.43 Å². The maximum absolute atomic E-state index is 12.2. The van der Waals surface area contributed by atoms with Crippen molar-refractivity contribution < 1.29 is 19.1 Å². The molecule has 0 saturated carbocycles. The lowest BCUT2D eigenvalue weighted by Crippen LogP contribution is -2.37. The van der Waals surface area contributed by atoms with Crippen molar-refractivity contribution in [2.24, 2.45) is 5.10 Å². The van der Waals surface area contributed by atoms with Gasteiger partial charge < -0.3 is 15.4 Å². The first-order chi connectivity index (χ1) is 17.7. The van der Waals surface area contributed by atoms with E-state index in [1.165, 1.54) is 11.8 Å². The van der Waals surface area contributed by atoms with Crippen molar-refractivity contribution in [3.05, 3.63) is 94.0 Å². The number of nitrogens with one attached hydrogen (secondary N) is 3. The maximum atomic E-state index is 12.2. The standard InChI is InChI=1S/C28H29ClN4O4/c1-18(2)22-11-7-20(8-12-22)15-30-27(35)28(36)33-31-16-21-9-13-23(14-10-21)37-17-26(34)32-25-6-4-5-24(29)19(25)3/h4-14,16,18H,15,17H2,1-3H3,(H,30,35)(H,32,34)(H,33,36)/b31-16-. The van der Waals surface area contributed by atoms with E-state index in [2.05, 4.69) is 35.0 Å². The first kappa shape index (κ1) is 27.4. The second kappa shape index (κ2) is 13.2. The fraction of sp³-hybridized carbons (Fsp3) is 0.214. The van der Waals surface area contributed by atoms with Crippen molar-refractivity contribution in [1.82, 2.24) is 10.7 Å². The molecule has 0 fully saturated rings. The van der Waals surface area contributed by atoms with E-state index >= 15 is 0 Å². The number of hydrogen-bond acceptors (Lipinski definition) is 5. The van der Waals surface area contributed by atoms with Gasteiger partial charge in [-0.1, -0.05) is 55.8 Å². The zero-order valence-corrected chi connectivity index (χ0v) is 21.6. The van der Waals surface area contributed by atoms with Crippen molar-refractivity contribution in [2.45, 2.75) is 33.2 Å². The van der Waals surface area contributed by atoms with Crippen molar-refractivity contribution in [3.8, 4) is 5.75 Å². The quantitative estimate of drug-likeness (QED) is 0.218. The lowest BCUT2D eigenvalue weighted by Gasteiger charge is -2.10. The van der Waals surface area contributed by atoms with E-state index in [0.717, 1.165) is 11.1 Å². The molecule has 3 aromatic rings. The van der Waals surface area contributed by atoms with Gasteiger partial charge in [-0.15, -0.1) is 0 Å². The minimum Gasteiger partial charge on any atom is -0.484 e. The summed E-state index contributed by atoms with van der Waals surface area (Å²) in [6.45, 7) is 6.10. The summed E-state index contributed by atoms with van der Waals surface area (Å²) in [7, 11) is 0. The Morgan fingerprint density at radius 1 is 0.973 bits per heavy atom. The van der Waals surface area contributed by atoms with Crippen LogP contribution < -0.4 is 20.8 Å². The predicted molar refractivity (Wildman–Crippen MR) is 145 cm³/mol. The molecule has 3 rings (SSSR count). The molecule has 9 heteroatoms. The van der Waals surface area contributed by atoms with Crippen molar-refractivity contribution >= 4 is 41.2 Å². The van der Waals surface area contributed by atoms with E-state index in [1.54, 1.807) is 42.5 Å². The number of anilines is 1. The van der Waals surface area contributed by atoms with Crippen LogP contribution >= 0.6 is 11.6 Å². The van der Waals surface area contributed by atoms with Gasteiger partial charge >= 0.3 is 11.8 Å².